The number of fused-ring (bicyclic) bond motifs is 3. The highest BCUT2D eigenvalue weighted by Gasteiger charge is 2.49. The minimum Gasteiger partial charge on any atom is -0.507 e. The van der Waals surface area contributed by atoms with Crippen LogP contribution in [0, 0.1) is 0 Å². The van der Waals surface area contributed by atoms with E-state index in [1.807, 2.05) is 0 Å². The molecule has 6 atom stereocenters. The lowest BCUT2D eigenvalue weighted by atomic mass is 9.72. The van der Waals surface area contributed by atoms with E-state index in [9.17, 15) is 30.0 Å². The number of hydrogen-bond donors (Lipinski definition) is 6. The summed E-state index contributed by atoms with van der Waals surface area (Å²) in [5.41, 5.74) is 9.70. The summed E-state index contributed by atoms with van der Waals surface area (Å²) in [6.07, 6.45) is -4.03. The molecule has 8 N–H and O–H groups in total. The van der Waals surface area contributed by atoms with Gasteiger partial charge in [0.05, 0.1) is 47.8 Å². The molecule has 0 radical (unpaired) electrons. The molecule has 224 valence electrons. The summed E-state index contributed by atoms with van der Waals surface area (Å²) in [6.45, 7) is 1.64. The molecule has 1 aromatic heterocycles. The number of anilines is 1. The van der Waals surface area contributed by atoms with Crippen LogP contribution in [0.25, 0.3) is 0 Å². The number of nitrogens with zero attached hydrogens (tertiary/aromatic N) is 1. The number of thiazole rings is 1. The maximum Gasteiger partial charge on any atom is 0.202 e. The molecular formula is C28H30ClN3O9S. The molecule has 3 aromatic rings. The maximum atomic E-state index is 13.8. The Hall–Kier alpha value is -3.30. The van der Waals surface area contributed by atoms with Gasteiger partial charge in [0, 0.05) is 47.4 Å². The summed E-state index contributed by atoms with van der Waals surface area (Å²) < 4.78 is 17.4. The van der Waals surface area contributed by atoms with Crippen LogP contribution in [0.3, 0.4) is 0 Å². The molecule has 4 unspecified atom stereocenters. The summed E-state index contributed by atoms with van der Waals surface area (Å²) in [6, 6.07) is 3.84. The number of ketones is 2. The number of benzene rings is 2. The van der Waals surface area contributed by atoms with Crippen molar-refractivity contribution in [3.63, 3.8) is 0 Å². The van der Waals surface area contributed by atoms with Gasteiger partial charge in [-0.2, -0.15) is 0 Å². The van der Waals surface area contributed by atoms with Crippen LogP contribution < -0.4 is 16.2 Å². The highest BCUT2D eigenvalue weighted by Crippen LogP contribution is 2.54. The van der Waals surface area contributed by atoms with Crippen molar-refractivity contribution in [2.45, 2.75) is 62.4 Å². The standard InChI is InChI=1S/C28H29N3O9S.ClH/c1-10-22(32)13(29)6-17(39-10)40-15-8-28(37,16-9-41-27(30)31-16)7-12-19(15)26(36)21-20(24(12)34)23(33)11-4-3-5-14(38-2)18(11)25(21)35;/h3-5,9-10,13,15,17,22,32,34,36-37H,6-8,29H2,1-2H3,(H2,30,31);1H/t10?,13?,15-,17?,22?,28-;/m0./s1. The zero-order valence-electron chi connectivity index (χ0n) is 22.6. The van der Waals surface area contributed by atoms with Gasteiger partial charge in [-0.15, -0.1) is 23.7 Å². The van der Waals surface area contributed by atoms with E-state index in [1.165, 1.54) is 19.2 Å². The predicted molar refractivity (Wildman–Crippen MR) is 152 cm³/mol. The monoisotopic (exact) mass is 619 g/mol. The zero-order valence-corrected chi connectivity index (χ0v) is 24.2. The van der Waals surface area contributed by atoms with Crippen molar-refractivity contribution in [3.8, 4) is 17.2 Å². The Morgan fingerprint density at radius 3 is 2.50 bits per heavy atom. The lowest BCUT2D eigenvalue weighted by molar-refractivity contribution is -0.248. The molecule has 1 saturated heterocycles. The molecule has 0 saturated carbocycles. The van der Waals surface area contributed by atoms with Crippen molar-refractivity contribution in [1.82, 2.24) is 4.98 Å². The van der Waals surface area contributed by atoms with Crippen LogP contribution in [-0.2, 0) is 21.5 Å². The van der Waals surface area contributed by atoms with Crippen LogP contribution in [0.1, 0.15) is 74.5 Å². The summed E-state index contributed by atoms with van der Waals surface area (Å²) in [5.74, 6) is -2.36. The number of ether oxygens (including phenoxy) is 3. The first kappa shape index (κ1) is 30.2. The van der Waals surface area contributed by atoms with E-state index in [1.54, 1.807) is 18.4 Å². The highest BCUT2D eigenvalue weighted by atomic mass is 35.5. The number of aromatic nitrogens is 1. The van der Waals surface area contributed by atoms with Gasteiger partial charge in [0.2, 0.25) is 5.78 Å². The van der Waals surface area contributed by atoms with Crippen LogP contribution in [-0.4, -0.2) is 68.6 Å². The van der Waals surface area contributed by atoms with Gasteiger partial charge in [0.15, 0.2) is 17.2 Å². The Kier molecular flexibility index (Phi) is 7.73. The fraction of sp³-hybridized carbons (Fsp3) is 0.393. The van der Waals surface area contributed by atoms with E-state index in [0.29, 0.717) is 0 Å². The van der Waals surface area contributed by atoms with Crippen LogP contribution in [0.15, 0.2) is 23.6 Å². The number of hydrogen-bond acceptors (Lipinski definition) is 13. The van der Waals surface area contributed by atoms with Crippen LogP contribution in [0.4, 0.5) is 5.13 Å². The molecule has 3 aliphatic rings. The maximum absolute atomic E-state index is 13.8. The number of carbonyl (C=O) groups is 2. The van der Waals surface area contributed by atoms with Crippen molar-refractivity contribution >= 4 is 40.4 Å². The molecule has 2 aliphatic carbocycles. The van der Waals surface area contributed by atoms with E-state index in [0.717, 1.165) is 11.3 Å². The Labute approximate surface area is 250 Å². The van der Waals surface area contributed by atoms with Gasteiger partial charge in [-0.3, -0.25) is 9.59 Å². The molecule has 42 heavy (non-hydrogen) atoms. The van der Waals surface area contributed by atoms with E-state index in [-0.39, 0.29) is 81.6 Å². The van der Waals surface area contributed by atoms with Crippen LogP contribution in [0.2, 0.25) is 0 Å². The fourth-order valence-corrected chi connectivity index (χ4v) is 6.74. The van der Waals surface area contributed by atoms with Crippen LogP contribution in [0.5, 0.6) is 17.2 Å². The molecule has 1 fully saturated rings. The van der Waals surface area contributed by atoms with Gasteiger partial charge < -0.3 is 46.1 Å². The number of halogens is 1. The molecule has 2 heterocycles. The number of nitrogens with two attached hydrogens (primary N) is 2. The third-order valence-corrected chi connectivity index (χ3v) is 8.82. The van der Waals surface area contributed by atoms with E-state index in [2.05, 4.69) is 4.98 Å². The van der Waals surface area contributed by atoms with Crippen molar-refractivity contribution in [1.29, 1.82) is 0 Å². The largest absolute Gasteiger partial charge is 0.507 e. The minimum atomic E-state index is -1.73. The average Bonchev–Trinajstić information content (AvgIpc) is 3.38. The van der Waals surface area contributed by atoms with Gasteiger partial charge in [-0.05, 0) is 13.0 Å². The molecule has 6 rings (SSSR count). The quantitative estimate of drug-likeness (QED) is 0.181. The molecule has 12 nitrogen and oxygen atoms in total. The Balaban J connectivity index is 0.00000353. The number of rotatable bonds is 4. The number of methoxy groups -OCH3 is 1. The predicted octanol–water partition coefficient (Wildman–Crippen LogP) is 2.06. The molecular weight excluding hydrogens is 590 g/mol. The SMILES string of the molecule is COc1cccc2c1C(=O)c1c(O)c3c(c(O)c1C2=O)C[C@@](O)(c1csc(N)n1)C[C@@H]3OC1CC(N)C(O)C(C)O1.Cl. The number of aliphatic hydroxyl groups excluding tert-OH is 1. The fourth-order valence-electron chi connectivity index (χ4n) is 6.09. The van der Waals surface area contributed by atoms with E-state index < -0.39 is 59.3 Å². The van der Waals surface area contributed by atoms with Gasteiger partial charge in [-0.1, -0.05) is 12.1 Å². The molecule has 0 amide bonds. The van der Waals surface area contributed by atoms with Gasteiger partial charge in [-0.25, -0.2) is 4.98 Å². The highest BCUT2D eigenvalue weighted by molar-refractivity contribution is 7.13. The lowest BCUT2D eigenvalue weighted by Crippen LogP contribution is -2.52. The van der Waals surface area contributed by atoms with Crippen molar-refractivity contribution in [2.75, 3.05) is 12.8 Å². The summed E-state index contributed by atoms with van der Waals surface area (Å²) in [4.78, 5) is 31.7. The Morgan fingerprint density at radius 1 is 1.14 bits per heavy atom. The number of phenolic OH excluding ortho intramolecular Hbond substituents is 2. The second-order valence-corrected chi connectivity index (χ2v) is 11.5. The molecule has 0 bridgehead atoms. The Morgan fingerprint density at radius 2 is 1.86 bits per heavy atom. The summed E-state index contributed by atoms with van der Waals surface area (Å²) in [7, 11) is 1.36. The number of carbonyl (C=O) groups excluding carboxylic acids is 2. The second-order valence-electron chi connectivity index (χ2n) is 10.6. The molecule has 1 aliphatic heterocycles. The lowest BCUT2D eigenvalue weighted by Gasteiger charge is -2.42. The third-order valence-electron chi connectivity index (χ3n) is 8.14. The average molecular weight is 620 g/mol. The third kappa shape index (κ3) is 4.52. The first-order chi connectivity index (χ1) is 19.4. The van der Waals surface area contributed by atoms with E-state index in [4.69, 9.17) is 25.7 Å². The van der Waals surface area contributed by atoms with Gasteiger partial charge >= 0.3 is 0 Å². The second kappa shape index (κ2) is 10.8. The normalized spacial score (nSPS) is 28.4. The van der Waals surface area contributed by atoms with Crippen molar-refractivity contribution in [3.05, 3.63) is 62.7 Å². The number of aromatic hydroxyl groups is 2. The zero-order chi connectivity index (χ0) is 29.4. The first-order valence-electron chi connectivity index (χ1n) is 13.0. The van der Waals surface area contributed by atoms with Crippen LogP contribution >= 0.6 is 23.7 Å². The number of aliphatic hydroxyl groups is 2. The molecule has 0 spiro atoms. The smallest absolute Gasteiger partial charge is 0.202 e. The summed E-state index contributed by atoms with van der Waals surface area (Å²) in [5, 5.41) is 47.1. The van der Waals surface area contributed by atoms with Gasteiger partial charge in [0.1, 0.15) is 22.8 Å². The minimum absolute atomic E-state index is 0. The summed E-state index contributed by atoms with van der Waals surface area (Å²) >= 11 is 1.12. The number of phenols is 2. The van der Waals surface area contributed by atoms with E-state index >= 15 is 0 Å². The van der Waals surface area contributed by atoms with Gasteiger partial charge in [0.25, 0.3) is 0 Å². The number of nitrogen functional groups attached to an aromatic ring is 1. The van der Waals surface area contributed by atoms with Crippen molar-refractivity contribution < 1.29 is 44.2 Å². The first-order valence-corrected chi connectivity index (χ1v) is 13.9. The topological polar surface area (TPSA) is 208 Å². The Bertz CT molecular complexity index is 1580. The molecule has 14 heteroatoms. The molecule has 2 aromatic carbocycles. The van der Waals surface area contributed by atoms with Crippen molar-refractivity contribution in [2.24, 2.45) is 5.73 Å².